The second kappa shape index (κ2) is 13.4. The summed E-state index contributed by atoms with van der Waals surface area (Å²) in [6.07, 6.45) is 3.67. The van der Waals surface area contributed by atoms with E-state index in [0.29, 0.717) is 13.2 Å². The lowest BCUT2D eigenvalue weighted by atomic mass is 10.3. The molecule has 0 heterocycles. The Labute approximate surface area is 109 Å². The summed E-state index contributed by atoms with van der Waals surface area (Å²) in [5.74, 6) is 0. The average Bonchev–Trinajstić information content (AvgIpc) is 2.30. The maximum atomic E-state index is 5.44. The molecular weight excluding hydrogens is 270 g/mol. The molecule has 0 rings (SSSR count). The average molecular weight is 296 g/mol. The summed E-state index contributed by atoms with van der Waals surface area (Å²) in [6, 6.07) is 0. The first-order valence-electron chi connectivity index (χ1n) is 6.20. The summed E-state index contributed by atoms with van der Waals surface area (Å²) < 4.78 is 10.4. The van der Waals surface area contributed by atoms with Crippen LogP contribution in [0.25, 0.3) is 0 Å². The van der Waals surface area contributed by atoms with Crippen molar-refractivity contribution in [1.82, 2.24) is 4.90 Å². The Kier molecular flexibility index (Phi) is 13.7. The van der Waals surface area contributed by atoms with E-state index in [9.17, 15) is 0 Å². The number of hydrogen-bond acceptors (Lipinski definition) is 3. The highest BCUT2D eigenvalue weighted by Crippen LogP contribution is 1.98. The highest BCUT2D eigenvalue weighted by molar-refractivity contribution is 9.09. The van der Waals surface area contributed by atoms with Crippen LogP contribution in [0.3, 0.4) is 0 Å². The molecule has 0 aliphatic heterocycles. The molecule has 0 saturated carbocycles. The van der Waals surface area contributed by atoms with Gasteiger partial charge in [-0.25, -0.2) is 0 Å². The van der Waals surface area contributed by atoms with Gasteiger partial charge in [-0.05, 0) is 19.4 Å². The van der Waals surface area contributed by atoms with Crippen LogP contribution in [0.2, 0.25) is 0 Å². The Hall–Kier alpha value is 0.360. The molecule has 0 fully saturated rings. The van der Waals surface area contributed by atoms with Crippen LogP contribution < -0.4 is 0 Å². The molecule has 0 amide bonds. The van der Waals surface area contributed by atoms with Crippen molar-refractivity contribution in [3.8, 4) is 0 Å². The van der Waals surface area contributed by atoms with E-state index < -0.39 is 0 Å². The Morgan fingerprint density at radius 3 is 2.38 bits per heavy atom. The maximum absolute atomic E-state index is 5.44. The van der Waals surface area contributed by atoms with E-state index in [1.807, 2.05) is 0 Å². The first-order valence-corrected chi connectivity index (χ1v) is 7.32. The number of ether oxygens (including phenoxy) is 2. The number of alkyl halides is 1. The van der Waals surface area contributed by atoms with Gasteiger partial charge in [0.25, 0.3) is 0 Å². The summed E-state index contributed by atoms with van der Waals surface area (Å²) in [6.45, 7) is 7.97. The van der Waals surface area contributed by atoms with E-state index in [2.05, 4.69) is 27.8 Å². The van der Waals surface area contributed by atoms with E-state index in [1.165, 1.54) is 19.4 Å². The zero-order chi connectivity index (χ0) is 12.1. The number of halogens is 1. The van der Waals surface area contributed by atoms with Crippen LogP contribution in [-0.4, -0.2) is 56.8 Å². The van der Waals surface area contributed by atoms with Gasteiger partial charge in [-0.15, -0.1) is 0 Å². The molecule has 0 aliphatic rings. The van der Waals surface area contributed by atoms with Gasteiger partial charge in [-0.3, -0.25) is 0 Å². The SMILES string of the molecule is CCCCN(CCBr)CCCOCCOC. The Morgan fingerprint density at radius 2 is 1.75 bits per heavy atom. The van der Waals surface area contributed by atoms with Gasteiger partial charge < -0.3 is 14.4 Å². The van der Waals surface area contributed by atoms with Gasteiger partial charge in [-0.2, -0.15) is 0 Å². The molecule has 3 nitrogen and oxygen atoms in total. The minimum absolute atomic E-state index is 0.695. The second-order valence-electron chi connectivity index (χ2n) is 3.84. The van der Waals surface area contributed by atoms with Crippen molar-refractivity contribution < 1.29 is 9.47 Å². The molecule has 0 saturated heterocycles. The van der Waals surface area contributed by atoms with Gasteiger partial charge in [0.2, 0.25) is 0 Å². The predicted molar refractivity (Wildman–Crippen MR) is 72.5 cm³/mol. The molecule has 0 aliphatic carbocycles. The molecule has 0 radical (unpaired) electrons. The molecule has 98 valence electrons. The third kappa shape index (κ3) is 10.9. The van der Waals surface area contributed by atoms with Crippen molar-refractivity contribution in [3.05, 3.63) is 0 Å². The summed E-state index contributed by atoms with van der Waals surface area (Å²) >= 11 is 3.50. The molecule has 16 heavy (non-hydrogen) atoms. The van der Waals surface area contributed by atoms with Crippen LogP contribution in [0, 0.1) is 0 Å². The van der Waals surface area contributed by atoms with E-state index >= 15 is 0 Å². The molecule has 0 atom stereocenters. The zero-order valence-corrected chi connectivity index (χ0v) is 12.3. The lowest BCUT2D eigenvalue weighted by Gasteiger charge is -2.20. The second-order valence-corrected chi connectivity index (χ2v) is 4.64. The first kappa shape index (κ1) is 16.4. The standard InChI is InChI=1S/C12H26BrNO2/c1-3-4-7-14(9-6-13)8-5-10-16-12-11-15-2/h3-12H2,1-2H3. The van der Waals surface area contributed by atoms with Gasteiger partial charge in [0.15, 0.2) is 0 Å². The normalized spacial score (nSPS) is 11.2. The van der Waals surface area contributed by atoms with Gasteiger partial charge in [-0.1, -0.05) is 29.3 Å². The minimum atomic E-state index is 0.695. The maximum Gasteiger partial charge on any atom is 0.0700 e. The summed E-state index contributed by atoms with van der Waals surface area (Å²) in [4.78, 5) is 2.50. The largest absolute Gasteiger partial charge is 0.382 e. The third-order valence-electron chi connectivity index (χ3n) is 2.42. The van der Waals surface area contributed by atoms with Gasteiger partial charge in [0.1, 0.15) is 0 Å². The molecule has 0 aromatic heterocycles. The van der Waals surface area contributed by atoms with E-state index in [-0.39, 0.29) is 0 Å². The lowest BCUT2D eigenvalue weighted by Crippen LogP contribution is -2.28. The number of methoxy groups -OCH3 is 1. The third-order valence-corrected chi connectivity index (χ3v) is 2.78. The fourth-order valence-corrected chi connectivity index (χ4v) is 1.97. The smallest absolute Gasteiger partial charge is 0.0700 e. The van der Waals surface area contributed by atoms with E-state index in [4.69, 9.17) is 9.47 Å². The molecule has 0 unspecified atom stereocenters. The van der Waals surface area contributed by atoms with E-state index in [0.717, 1.165) is 31.4 Å². The fraction of sp³-hybridized carbons (Fsp3) is 1.00. The number of rotatable bonds is 12. The Morgan fingerprint density at radius 1 is 1.00 bits per heavy atom. The molecule has 4 heteroatoms. The van der Waals surface area contributed by atoms with Crippen molar-refractivity contribution in [2.45, 2.75) is 26.2 Å². The van der Waals surface area contributed by atoms with Crippen molar-refractivity contribution in [2.24, 2.45) is 0 Å². The van der Waals surface area contributed by atoms with Crippen LogP contribution in [0.1, 0.15) is 26.2 Å². The van der Waals surface area contributed by atoms with Gasteiger partial charge in [0.05, 0.1) is 13.2 Å². The van der Waals surface area contributed by atoms with Gasteiger partial charge >= 0.3 is 0 Å². The van der Waals surface area contributed by atoms with Crippen LogP contribution in [0.4, 0.5) is 0 Å². The summed E-state index contributed by atoms with van der Waals surface area (Å²) in [5.41, 5.74) is 0. The lowest BCUT2D eigenvalue weighted by molar-refractivity contribution is 0.0654. The van der Waals surface area contributed by atoms with Gasteiger partial charge in [0, 0.05) is 32.1 Å². The monoisotopic (exact) mass is 295 g/mol. The summed E-state index contributed by atoms with van der Waals surface area (Å²) in [7, 11) is 1.70. The molecule has 0 N–H and O–H groups in total. The van der Waals surface area contributed by atoms with Crippen LogP contribution in [-0.2, 0) is 9.47 Å². The van der Waals surface area contributed by atoms with Crippen LogP contribution >= 0.6 is 15.9 Å². The zero-order valence-electron chi connectivity index (χ0n) is 10.7. The van der Waals surface area contributed by atoms with Crippen molar-refractivity contribution in [2.75, 3.05) is 51.9 Å². The predicted octanol–water partition coefficient (Wildman–Crippen LogP) is 2.54. The quantitative estimate of drug-likeness (QED) is 0.408. The molecule has 0 spiro atoms. The topological polar surface area (TPSA) is 21.7 Å². The van der Waals surface area contributed by atoms with Crippen LogP contribution in [0.5, 0.6) is 0 Å². The van der Waals surface area contributed by atoms with Crippen LogP contribution in [0.15, 0.2) is 0 Å². The number of unbranched alkanes of at least 4 members (excludes halogenated alkanes) is 1. The molecule has 0 aromatic carbocycles. The highest BCUT2D eigenvalue weighted by atomic mass is 79.9. The minimum Gasteiger partial charge on any atom is -0.382 e. The highest BCUT2D eigenvalue weighted by Gasteiger charge is 2.02. The van der Waals surface area contributed by atoms with Crippen molar-refractivity contribution >= 4 is 15.9 Å². The first-order chi connectivity index (χ1) is 7.85. The number of hydrogen-bond donors (Lipinski definition) is 0. The Balaban J connectivity index is 3.36. The number of nitrogens with zero attached hydrogens (tertiary/aromatic N) is 1. The Bertz CT molecular complexity index is 136. The van der Waals surface area contributed by atoms with Crippen molar-refractivity contribution in [3.63, 3.8) is 0 Å². The van der Waals surface area contributed by atoms with Crippen molar-refractivity contribution in [1.29, 1.82) is 0 Å². The van der Waals surface area contributed by atoms with E-state index in [1.54, 1.807) is 7.11 Å². The molecule has 0 bridgehead atoms. The fourth-order valence-electron chi connectivity index (χ4n) is 1.47. The molecular formula is C12H26BrNO2. The summed E-state index contributed by atoms with van der Waals surface area (Å²) in [5, 5.41) is 1.06. The molecule has 0 aromatic rings.